The molecule has 1 aromatic heterocycles. The van der Waals surface area contributed by atoms with Crippen LogP contribution in [-0.2, 0) is 0 Å². The van der Waals surface area contributed by atoms with E-state index in [2.05, 4.69) is 0 Å². The lowest BCUT2D eigenvalue weighted by molar-refractivity contribution is -0.616. The number of hydrogen-bond acceptors (Lipinski definition) is 3. The highest BCUT2D eigenvalue weighted by Crippen LogP contribution is 2.17. The minimum absolute atomic E-state index is 0.0319. The summed E-state index contributed by atoms with van der Waals surface area (Å²) < 4.78 is 0.375. The largest absolute Gasteiger partial charge is 0.618 e. The van der Waals surface area contributed by atoms with Crippen molar-refractivity contribution in [2.24, 2.45) is 0 Å². The van der Waals surface area contributed by atoms with Crippen molar-refractivity contribution in [3.63, 3.8) is 0 Å². The molecule has 0 aromatic carbocycles. The van der Waals surface area contributed by atoms with Crippen LogP contribution in [0.5, 0.6) is 0 Å². The Kier molecular flexibility index (Phi) is 2.14. The Balaban J connectivity index is 3.37. The average molecular weight is 189 g/mol. The van der Waals surface area contributed by atoms with Crippen LogP contribution < -0.4 is 4.73 Å². The summed E-state index contributed by atoms with van der Waals surface area (Å²) >= 11 is 5.44. The van der Waals surface area contributed by atoms with Crippen LogP contribution in [0.2, 0.25) is 5.02 Å². The fraction of sp³-hybridized carbons (Fsp3) is 0.167. The predicted octanol–water partition coefficient (Wildman–Crippen LogP) is 1.19. The van der Waals surface area contributed by atoms with Crippen molar-refractivity contribution in [1.82, 2.24) is 0 Å². The van der Waals surface area contributed by atoms with E-state index >= 15 is 0 Å². The molecule has 12 heavy (non-hydrogen) atoms. The summed E-state index contributed by atoms with van der Waals surface area (Å²) in [6, 6.07) is 1.14. The minimum atomic E-state index is -0.643. The van der Waals surface area contributed by atoms with Crippen LogP contribution in [0.1, 0.15) is 5.69 Å². The second kappa shape index (κ2) is 2.94. The van der Waals surface area contributed by atoms with Crippen molar-refractivity contribution in [3.05, 3.63) is 38.3 Å². The molecule has 5 nitrogen and oxygen atoms in total. The Labute approximate surface area is 72.9 Å². The highest BCUT2D eigenvalue weighted by molar-refractivity contribution is 6.30. The van der Waals surface area contributed by atoms with E-state index in [0.29, 0.717) is 4.73 Å². The Morgan fingerprint density at radius 1 is 1.67 bits per heavy atom. The summed E-state index contributed by atoms with van der Waals surface area (Å²) in [5, 5.41) is 21.3. The van der Waals surface area contributed by atoms with Gasteiger partial charge in [-0.3, -0.25) is 10.1 Å². The number of nitro groups is 1. The van der Waals surface area contributed by atoms with Crippen LogP contribution in [0, 0.1) is 22.2 Å². The topological polar surface area (TPSA) is 70.1 Å². The molecule has 0 fully saturated rings. The quantitative estimate of drug-likeness (QED) is 0.288. The summed E-state index contributed by atoms with van der Waals surface area (Å²) in [6.45, 7) is 1.36. The summed E-state index contributed by atoms with van der Waals surface area (Å²) in [4.78, 5) is 9.68. The molecule has 1 heterocycles. The number of nitrogens with zero attached hydrogens (tertiary/aromatic N) is 2. The van der Waals surface area contributed by atoms with Crippen molar-refractivity contribution in [3.8, 4) is 0 Å². The smallest absolute Gasteiger partial charge is 0.338 e. The van der Waals surface area contributed by atoms with Gasteiger partial charge in [-0.25, -0.2) is 0 Å². The van der Waals surface area contributed by atoms with Crippen molar-refractivity contribution in [1.29, 1.82) is 0 Å². The Bertz CT molecular complexity index is 340. The maximum Gasteiger partial charge on any atom is 0.338 e. The molecule has 0 radical (unpaired) electrons. The second-order valence-corrected chi connectivity index (χ2v) is 2.65. The fourth-order valence-electron chi connectivity index (χ4n) is 0.779. The molecule has 1 rings (SSSR count). The van der Waals surface area contributed by atoms with Gasteiger partial charge in [-0.15, -0.1) is 0 Å². The van der Waals surface area contributed by atoms with Gasteiger partial charge in [0.1, 0.15) is 5.02 Å². The van der Waals surface area contributed by atoms with Crippen LogP contribution in [-0.4, -0.2) is 4.92 Å². The first kappa shape index (κ1) is 8.73. The molecule has 0 saturated carbocycles. The van der Waals surface area contributed by atoms with Crippen LogP contribution >= 0.6 is 11.6 Å². The molecule has 0 saturated heterocycles. The zero-order valence-electron chi connectivity index (χ0n) is 6.15. The lowest BCUT2D eigenvalue weighted by Crippen LogP contribution is -2.30. The van der Waals surface area contributed by atoms with Gasteiger partial charge in [0.05, 0.1) is 4.92 Å². The molecule has 0 aliphatic carbocycles. The fourth-order valence-corrected chi connectivity index (χ4v) is 0.971. The van der Waals surface area contributed by atoms with Crippen LogP contribution in [0.3, 0.4) is 0 Å². The van der Waals surface area contributed by atoms with Gasteiger partial charge in [-0.05, 0) is 0 Å². The van der Waals surface area contributed by atoms with E-state index in [1.165, 1.54) is 6.92 Å². The molecule has 0 aliphatic rings. The summed E-state index contributed by atoms with van der Waals surface area (Å²) in [5.74, 6) is 0. The molecule has 0 unspecified atom stereocenters. The van der Waals surface area contributed by atoms with E-state index in [-0.39, 0.29) is 16.4 Å². The number of hydrogen-bond donors (Lipinski definition) is 0. The molecule has 6 heteroatoms. The average Bonchev–Trinajstić information content (AvgIpc) is 1.96. The molecule has 64 valence electrons. The van der Waals surface area contributed by atoms with E-state index in [4.69, 9.17) is 11.6 Å². The van der Waals surface area contributed by atoms with Crippen molar-refractivity contribution < 1.29 is 9.65 Å². The molecule has 0 N–H and O–H groups in total. The van der Waals surface area contributed by atoms with Crippen molar-refractivity contribution in [2.75, 3.05) is 0 Å². The number of pyridine rings is 1. The van der Waals surface area contributed by atoms with Gasteiger partial charge in [-0.1, -0.05) is 11.6 Å². The van der Waals surface area contributed by atoms with Gasteiger partial charge in [0.25, 0.3) is 5.69 Å². The lowest BCUT2D eigenvalue weighted by atomic mass is 10.3. The zero-order valence-corrected chi connectivity index (χ0v) is 6.91. The van der Waals surface area contributed by atoms with Crippen molar-refractivity contribution >= 4 is 17.3 Å². The SMILES string of the molecule is Cc1c([N+](=O)[O-])cc(Cl)c[n+]1[O-]. The molecule has 0 amide bonds. The Hall–Kier alpha value is -1.36. The first-order valence-corrected chi connectivity index (χ1v) is 3.44. The summed E-state index contributed by atoms with van der Waals surface area (Å²) in [6.07, 6.45) is 1.07. The molecule has 0 bridgehead atoms. The standard InChI is InChI=1S/C6H5ClN2O3/c1-4-6(9(11)12)2-5(7)3-8(4)10/h2-3H,1H3. The van der Waals surface area contributed by atoms with E-state index in [1.54, 1.807) is 0 Å². The van der Waals surface area contributed by atoms with Crippen molar-refractivity contribution in [2.45, 2.75) is 6.92 Å². The third kappa shape index (κ3) is 1.45. The van der Waals surface area contributed by atoms with Crippen LogP contribution in [0.25, 0.3) is 0 Å². The predicted molar refractivity (Wildman–Crippen MR) is 41.8 cm³/mol. The first-order chi connectivity index (χ1) is 5.52. The zero-order chi connectivity index (χ0) is 9.30. The molecule has 0 atom stereocenters. The monoisotopic (exact) mass is 188 g/mol. The van der Waals surface area contributed by atoms with Gasteiger partial charge in [0.15, 0.2) is 6.20 Å². The third-order valence-corrected chi connectivity index (χ3v) is 1.62. The molecular formula is C6H5ClN2O3. The van der Waals surface area contributed by atoms with Crippen LogP contribution in [0.15, 0.2) is 12.3 Å². The minimum Gasteiger partial charge on any atom is -0.618 e. The highest BCUT2D eigenvalue weighted by atomic mass is 35.5. The molecule has 1 aromatic rings. The first-order valence-electron chi connectivity index (χ1n) is 3.06. The summed E-state index contributed by atoms with van der Waals surface area (Å²) in [7, 11) is 0. The van der Waals surface area contributed by atoms with E-state index in [9.17, 15) is 15.3 Å². The van der Waals surface area contributed by atoms with E-state index in [1.807, 2.05) is 0 Å². The van der Waals surface area contributed by atoms with E-state index < -0.39 is 4.92 Å². The molecular weight excluding hydrogens is 184 g/mol. The van der Waals surface area contributed by atoms with Gasteiger partial charge >= 0.3 is 5.69 Å². The van der Waals surface area contributed by atoms with Crippen LogP contribution in [0.4, 0.5) is 5.69 Å². The maximum atomic E-state index is 10.9. The van der Waals surface area contributed by atoms with Gasteiger partial charge in [0.2, 0.25) is 0 Å². The third-order valence-electron chi connectivity index (χ3n) is 1.41. The highest BCUT2D eigenvalue weighted by Gasteiger charge is 2.19. The second-order valence-electron chi connectivity index (χ2n) is 2.21. The van der Waals surface area contributed by atoms with Gasteiger partial charge in [0, 0.05) is 13.0 Å². The number of halogens is 1. The van der Waals surface area contributed by atoms with Gasteiger partial charge < -0.3 is 5.21 Å². The molecule has 0 spiro atoms. The maximum absolute atomic E-state index is 10.9. The normalized spacial score (nSPS) is 9.83. The van der Waals surface area contributed by atoms with Gasteiger partial charge in [-0.2, -0.15) is 4.73 Å². The number of aromatic nitrogens is 1. The lowest BCUT2D eigenvalue weighted by Gasteiger charge is -2.00. The van der Waals surface area contributed by atoms with E-state index in [0.717, 1.165) is 12.3 Å². The number of rotatable bonds is 1. The Morgan fingerprint density at radius 2 is 2.25 bits per heavy atom. The Morgan fingerprint density at radius 3 is 2.75 bits per heavy atom. The molecule has 0 aliphatic heterocycles. The summed E-state index contributed by atoms with van der Waals surface area (Å²) in [5.41, 5.74) is -0.234.